The zero-order valence-electron chi connectivity index (χ0n) is 16.6. The van der Waals surface area contributed by atoms with Crippen molar-refractivity contribution in [1.29, 1.82) is 0 Å². The molecule has 2 saturated carbocycles. The Morgan fingerprint density at radius 3 is 2.79 bits per heavy atom. The minimum atomic E-state index is -1.76. The van der Waals surface area contributed by atoms with Crippen LogP contribution in [0.2, 0.25) is 0 Å². The number of fused-ring (bicyclic) bond motifs is 3. The second-order valence-corrected chi connectivity index (χ2v) is 9.23. The largest absolute Gasteiger partial charge is 0.772 e. The lowest BCUT2D eigenvalue weighted by Gasteiger charge is -2.17. The summed E-state index contributed by atoms with van der Waals surface area (Å²) in [4.78, 5) is 12.6. The van der Waals surface area contributed by atoms with Crippen LogP contribution < -0.4 is 5.73 Å². The van der Waals surface area contributed by atoms with E-state index in [1.54, 1.807) is 0 Å². The van der Waals surface area contributed by atoms with Gasteiger partial charge in [0.2, 0.25) is 0 Å². The lowest BCUT2D eigenvalue weighted by atomic mass is 9.93. The van der Waals surface area contributed by atoms with Crippen LogP contribution in [0.25, 0.3) is 16.7 Å². The highest BCUT2D eigenvalue weighted by molar-refractivity contribution is 7.80. The second-order valence-electron chi connectivity index (χ2n) is 8.05. The lowest BCUT2D eigenvalue weighted by molar-refractivity contribution is 0.298. The number of aromatic amines is 1. The van der Waals surface area contributed by atoms with Gasteiger partial charge in [-0.1, -0.05) is 24.4 Å². The van der Waals surface area contributed by atoms with Crippen molar-refractivity contribution < 1.29 is 13.9 Å². The Kier molecular flexibility index (Phi) is 6.00. The number of nitrogens with one attached hydrogen (secondary N) is 1. The predicted molar refractivity (Wildman–Crippen MR) is 111 cm³/mol. The molecule has 0 saturated heterocycles. The number of rotatable bonds is 5. The molecule has 2 aliphatic rings. The van der Waals surface area contributed by atoms with Crippen molar-refractivity contribution in [3.05, 3.63) is 30.0 Å². The van der Waals surface area contributed by atoms with Crippen LogP contribution in [0.1, 0.15) is 56.5 Å². The van der Waals surface area contributed by atoms with Crippen LogP contribution in [0.15, 0.2) is 18.5 Å². The first-order chi connectivity index (χ1) is 14.0. The summed E-state index contributed by atoms with van der Waals surface area (Å²) >= 11 is -1.76. The van der Waals surface area contributed by atoms with Crippen LogP contribution in [0.5, 0.6) is 0 Å². The summed E-state index contributed by atoms with van der Waals surface area (Å²) < 4.78 is 21.7. The zero-order valence-corrected chi connectivity index (χ0v) is 17.4. The first-order valence-corrected chi connectivity index (χ1v) is 11.4. The third-order valence-electron chi connectivity index (χ3n) is 6.01. The molecule has 4 N–H and O–H groups in total. The monoisotopic (exact) mass is 418 g/mol. The molecule has 0 aliphatic heterocycles. The number of aliphatic hydroxyl groups is 1. The number of aromatic nitrogens is 4. The van der Waals surface area contributed by atoms with Crippen molar-refractivity contribution >= 4 is 27.8 Å². The van der Waals surface area contributed by atoms with Gasteiger partial charge in [0.1, 0.15) is 5.82 Å². The van der Waals surface area contributed by atoms with Crippen molar-refractivity contribution in [2.45, 2.75) is 62.7 Å². The van der Waals surface area contributed by atoms with Gasteiger partial charge in [0, 0.05) is 36.4 Å². The summed E-state index contributed by atoms with van der Waals surface area (Å²) in [6, 6.07) is 2.29. The van der Waals surface area contributed by atoms with Crippen LogP contribution in [0, 0.1) is 5.92 Å². The molecule has 3 aromatic rings. The van der Waals surface area contributed by atoms with Crippen molar-refractivity contribution in [2.75, 3.05) is 6.61 Å². The van der Waals surface area contributed by atoms with E-state index in [2.05, 4.69) is 21.3 Å². The molecule has 2 aliphatic carbocycles. The summed E-state index contributed by atoms with van der Waals surface area (Å²) in [5, 5.41) is 9.39. The number of hydrogen-bond donors (Lipinski definition) is 3. The first kappa shape index (κ1) is 20.5. The van der Waals surface area contributed by atoms with Crippen molar-refractivity contribution in [3.8, 4) is 0 Å². The molecule has 2 fully saturated rings. The molecule has 1 unspecified atom stereocenters. The Balaban J connectivity index is 0.000000294. The molecular formula is C20H28N5O3S-. The van der Waals surface area contributed by atoms with E-state index in [1.807, 2.05) is 18.5 Å². The van der Waals surface area contributed by atoms with E-state index >= 15 is 0 Å². The van der Waals surface area contributed by atoms with Gasteiger partial charge in [-0.15, -0.1) is 0 Å². The van der Waals surface area contributed by atoms with Crippen molar-refractivity contribution in [3.63, 3.8) is 0 Å². The quantitative estimate of drug-likeness (QED) is 0.543. The van der Waals surface area contributed by atoms with Gasteiger partial charge in [0.25, 0.3) is 0 Å². The number of hydrogen-bond acceptors (Lipinski definition) is 6. The van der Waals surface area contributed by atoms with Crippen molar-refractivity contribution in [2.24, 2.45) is 11.7 Å². The van der Waals surface area contributed by atoms with E-state index < -0.39 is 11.1 Å². The molecule has 0 bridgehead atoms. The lowest BCUT2D eigenvalue weighted by Crippen LogP contribution is -2.15. The summed E-state index contributed by atoms with van der Waals surface area (Å²) in [7, 11) is 0. The topological polar surface area (TPSA) is 132 Å². The van der Waals surface area contributed by atoms with Gasteiger partial charge in [0.05, 0.1) is 22.9 Å². The highest BCUT2D eigenvalue weighted by Gasteiger charge is 2.35. The van der Waals surface area contributed by atoms with E-state index in [0.717, 1.165) is 60.3 Å². The molecule has 0 spiro atoms. The molecule has 158 valence electrons. The molecule has 5 rings (SSSR count). The Bertz CT molecular complexity index is 1010. The number of aliphatic hydroxyl groups excluding tert-OH is 1. The van der Waals surface area contributed by atoms with Gasteiger partial charge in [-0.2, -0.15) is 0 Å². The fraction of sp³-hybridized carbons (Fsp3) is 0.600. The number of nitrogens with two attached hydrogens (primary N) is 1. The van der Waals surface area contributed by atoms with E-state index in [-0.39, 0.29) is 17.9 Å². The standard InChI is InChI=1S/C17H23N5O.C3H6O2S/c1-2-10-7-11(18)8-12(10)17-21-13(4-6-23)15-9-20-16-14(22(15)17)3-5-19-16;4-6(5)3-1-2-3/h3,5,9-12,19,23H,2,4,6-8,18H2,1H3;3H,1-2H2,(H,4,5)/p-1/t10-,11+,12+;/m1./s1. The predicted octanol–water partition coefficient (Wildman–Crippen LogP) is 2.00. The first-order valence-electron chi connectivity index (χ1n) is 10.3. The third kappa shape index (κ3) is 4.09. The van der Waals surface area contributed by atoms with Crippen LogP contribution in [0.4, 0.5) is 0 Å². The average Bonchev–Trinajstić information content (AvgIpc) is 3.18. The SMILES string of the molecule is CC[C@@H]1C[C@H](N)C[C@@H]1c1nc(CCO)c2cnc3[nH]ccc3n12.O=S([O-])C1CC1. The summed E-state index contributed by atoms with van der Waals surface area (Å²) in [5.74, 6) is 2.02. The summed E-state index contributed by atoms with van der Waals surface area (Å²) in [6.45, 7) is 2.33. The molecule has 8 nitrogen and oxygen atoms in total. The van der Waals surface area contributed by atoms with Gasteiger partial charge >= 0.3 is 0 Å². The van der Waals surface area contributed by atoms with Gasteiger partial charge in [-0.3, -0.25) is 8.61 Å². The normalized spacial score (nSPS) is 25.3. The molecule has 0 amide bonds. The molecule has 9 heteroatoms. The van der Waals surface area contributed by atoms with Gasteiger partial charge < -0.3 is 20.4 Å². The molecule has 4 atom stereocenters. The zero-order chi connectivity index (χ0) is 20.5. The molecule has 0 aromatic carbocycles. The molecule has 0 radical (unpaired) electrons. The molecular weight excluding hydrogens is 390 g/mol. The average molecular weight is 419 g/mol. The van der Waals surface area contributed by atoms with E-state index in [9.17, 15) is 13.9 Å². The van der Waals surface area contributed by atoms with Crippen LogP contribution in [-0.4, -0.2) is 51.1 Å². The van der Waals surface area contributed by atoms with E-state index in [1.165, 1.54) is 0 Å². The maximum absolute atomic E-state index is 9.76. The number of nitrogens with zero attached hydrogens (tertiary/aromatic N) is 3. The number of H-pyrrole nitrogens is 1. The van der Waals surface area contributed by atoms with Gasteiger partial charge in [0.15, 0.2) is 5.65 Å². The number of imidazole rings is 1. The fourth-order valence-corrected chi connectivity index (χ4v) is 4.90. The maximum Gasteiger partial charge on any atom is 0.154 e. The highest BCUT2D eigenvalue weighted by atomic mass is 32.2. The molecule has 3 heterocycles. The highest BCUT2D eigenvalue weighted by Crippen LogP contribution is 2.41. The minimum Gasteiger partial charge on any atom is -0.772 e. The minimum absolute atomic E-state index is 0.0185. The van der Waals surface area contributed by atoms with E-state index in [0.29, 0.717) is 18.3 Å². The van der Waals surface area contributed by atoms with Crippen LogP contribution in [-0.2, 0) is 17.5 Å². The van der Waals surface area contributed by atoms with Gasteiger partial charge in [-0.25, -0.2) is 9.97 Å². The Morgan fingerprint density at radius 1 is 1.38 bits per heavy atom. The fourth-order valence-electron chi connectivity index (χ4n) is 4.38. The Morgan fingerprint density at radius 2 is 2.17 bits per heavy atom. The molecule has 29 heavy (non-hydrogen) atoms. The van der Waals surface area contributed by atoms with Gasteiger partial charge in [-0.05, 0) is 37.7 Å². The summed E-state index contributed by atoms with van der Waals surface area (Å²) in [5.41, 5.74) is 10.1. The second kappa shape index (κ2) is 8.51. The smallest absolute Gasteiger partial charge is 0.154 e. The van der Waals surface area contributed by atoms with Crippen molar-refractivity contribution in [1.82, 2.24) is 19.4 Å². The maximum atomic E-state index is 9.76. The molecule has 3 aromatic heterocycles. The third-order valence-corrected chi connectivity index (χ3v) is 7.02. The van der Waals surface area contributed by atoms with E-state index in [4.69, 9.17) is 10.7 Å². The van der Waals surface area contributed by atoms with Crippen LogP contribution >= 0.6 is 0 Å². The Labute approximate surface area is 172 Å². The van der Waals surface area contributed by atoms with Crippen LogP contribution in [0.3, 0.4) is 0 Å². The summed E-state index contributed by atoms with van der Waals surface area (Å²) in [6.07, 6.45) is 9.24. The Hall–Kier alpha value is -1.81.